The fourth-order valence-electron chi connectivity index (χ4n) is 2.45. The van der Waals surface area contributed by atoms with Crippen LogP contribution in [0.5, 0.6) is 0 Å². The Labute approximate surface area is 132 Å². The maximum atomic E-state index is 12.5. The van der Waals surface area contributed by atoms with E-state index >= 15 is 0 Å². The van der Waals surface area contributed by atoms with Gasteiger partial charge in [0.1, 0.15) is 6.04 Å². The van der Waals surface area contributed by atoms with Crippen LogP contribution in [0.25, 0.3) is 0 Å². The van der Waals surface area contributed by atoms with E-state index in [-0.39, 0.29) is 5.91 Å². The van der Waals surface area contributed by atoms with Crippen molar-refractivity contribution in [3.8, 4) is 0 Å². The van der Waals surface area contributed by atoms with Gasteiger partial charge in [-0.15, -0.1) is 0 Å². The number of piperazine rings is 1. The lowest BCUT2D eigenvalue weighted by Gasteiger charge is -2.36. The van der Waals surface area contributed by atoms with Gasteiger partial charge in [0.05, 0.1) is 5.56 Å². The molecule has 0 saturated carbocycles. The van der Waals surface area contributed by atoms with Gasteiger partial charge >= 0.3 is 5.97 Å². The maximum Gasteiger partial charge on any atom is 0.320 e. The van der Waals surface area contributed by atoms with Crippen LogP contribution >= 0.6 is 15.9 Å². The fraction of sp³-hybridized carbons (Fsp3) is 0.467. The van der Waals surface area contributed by atoms with Crippen LogP contribution < -0.4 is 0 Å². The van der Waals surface area contributed by atoms with Gasteiger partial charge in [0.2, 0.25) is 0 Å². The van der Waals surface area contributed by atoms with Crippen LogP contribution in [0.2, 0.25) is 0 Å². The second-order valence-electron chi connectivity index (χ2n) is 5.28. The summed E-state index contributed by atoms with van der Waals surface area (Å²) in [5, 5.41) is 9.03. The predicted octanol–water partition coefficient (Wildman–Crippen LogP) is 1.99. The topological polar surface area (TPSA) is 60.9 Å². The third-order valence-corrected chi connectivity index (χ3v) is 4.98. The molecule has 1 aliphatic heterocycles. The molecule has 1 aliphatic rings. The minimum atomic E-state index is -0.823. The van der Waals surface area contributed by atoms with E-state index in [0.717, 1.165) is 10.0 Å². The van der Waals surface area contributed by atoms with Crippen molar-refractivity contribution >= 4 is 27.8 Å². The third kappa shape index (κ3) is 3.44. The minimum Gasteiger partial charge on any atom is -0.480 e. The molecule has 0 aliphatic carbocycles. The standard InChI is InChI=1S/C15H19BrN2O3/c1-10-4-3-5-12(13(10)16)14(19)18-8-6-17(7-9-18)11(2)15(20)21/h3-5,11H,6-9H2,1-2H3,(H,20,21). The van der Waals surface area contributed by atoms with Crippen molar-refractivity contribution in [2.45, 2.75) is 19.9 Å². The molecule has 1 unspecified atom stereocenters. The molecule has 0 bridgehead atoms. The number of amides is 1. The van der Waals surface area contributed by atoms with Crippen molar-refractivity contribution in [3.05, 3.63) is 33.8 Å². The Morgan fingerprint density at radius 3 is 2.43 bits per heavy atom. The smallest absolute Gasteiger partial charge is 0.320 e. The van der Waals surface area contributed by atoms with Gasteiger partial charge in [0.15, 0.2) is 0 Å². The Morgan fingerprint density at radius 2 is 1.86 bits per heavy atom. The monoisotopic (exact) mass is 354 g/mol. The van der Waals surface area contributed by atoms with Gasteiger partial charge < -0.3 is 10.0 Å². The first-order chi connectivity index (χ1) is 9.91. The average Bonchev–Trinajstić information content (AvgIpc) is 2.48. The first kappa shape index (κ1) is 16.0. The quantitative estimate of drug-likeness (QED) is 0.901. The summed E-state index contributed by atoms with van der Waals surface area (Å²) in [5.74, 6) is -0.829. The lowest BCUT2D eigenvalue weighted by molar-refractivity contribution is -0.143. The molecule has 1 heterocycles. The predicted molar refractivity (Wildman–Crippen MR) is 83.5 cm³/mol. The van der Waals surface area contributed by atoms with Crippen molar-refractivity contribution < 1.29 is 14.7 Å². The number of halogens is 1. The van der Waals surface area contributed by atoms with Gasteiger partial charge in [-0.3, -0.25) is 14.5 Å². The summed E-state index contributed by atoms with van der Waals surface area (Å²) >= 11 is 3.47. The van der Waals surface area contributed by atoms with E-state index < -0.39 is 12.0 Å². The molecule has 21 heavy (non-hydrogen) atoms. The Bertz CT molecular complexity index is 554. The molecule has 1 aromatic carbocycles. The maximum absolute atomic E-state index is 12.5. The van der Waals surface area contributed by atoms with Gasteiger partial charge in [0, 0.05) is 30.7 Å². The Morgan fingerprint density at radius 1 is 1.24 bits per heavy atom. The molecule has 1 atom stereocenters. The molecule has 5 nitrogen and oxygen atoms in total. The molecule has 6 heteroatoms. The first-order valence-corrected chi connectivity index (χ1v) is 7.72. The molecule has 0 spiro atoms. The van der Waals surface area contributed by atoms with Crippen LogP contribution in [0, 0.1) is 6.92 Å². The van der Waals surface area contributed by atoms with Crippen LogP contribution in [0.3, 0.4) is 0 Å². The number of rotatable bonds is 3. The number of hydrogen-bond donors (Lipinski definition) is 1. The van der Waals surface area contributed by atoms with Crippen LogP contribution in [0.1, 0.15) is 22.8 Å². The number of hydrogen-bond acceptors (Lipinski definition) is 3. The van der Waals surface area contributed by atoms with Crippen molar-refractivity contribution in [1.29, 1.82) is 0 Å². The second kappa shape index (κ2) is 6.58. The van der Waals surface area contributed by atoms with E-state index in [4.69, 9.17) is 5.11 Å². The largest absolute Gasteiger partial charge is 0.480 e. The number of aliphatic carboxylic acids is 1. The number of carbonyl (C=O) groups excluding carboxylic acids is 1. The van der Waals surface area contributed by atoms with Gasteiger partial charge in [-0.2, -0.15) is 0 Å². The Kier molecular flexibility index (Phi) is 5.00. The normalized spacial score (nSPS) is 17.6. The van der Waals surface area contributed by atoms with Gasteiger partial charge in [-0.05, 0) is 41.4 Å². The van der Waals surface area contributed by atoms with Crippen LogP contribution in [-0.4, -0.2) is 59.0 Å². The molecule has 1 fully saturated rings. The molecule has 2 rings (SSSR count). The fourth-order valence-corrected chi connectivity index (χ4v) is 2.89. The van der Waals surface area contributed by atoms with Crippen molar-refractivity contribution in [2.24, 2.45) is 0 Å². The van der Waals surface area contributed by atoms with Crippen LogP contribution in [-0.2, 0) is 4.79 Å². The number of carbonyl (C=O) groups is 2. The van der Waals surface area contributed by atoms with Crippen molar-refractivity contribution in [2.75, 3.05) is 26.2 Å². The van der Waals surface area contributed by atoms with Crippen molar-refractivity contribution in [1.82, 2.24) is 9.80 Å². The first-order valence-electron chi connectivity index (χ1n) is 6.93. The average molecular weight is 355 g/mol. The number of aryl methyl sites for hydroxylation is 1. The van der Waals surface area contributed by atoms with E-state index in [1.54, 1.807) is 11.8 Å². The zero-order valence-electron chi connectivity index (χ0n) is 12.2. The molecular formula is C15H19BrN2O3. The highest BCUT2D eigenvalue weighted by molar-refractivity contribution is 9.10. The van der Waals surface area contributed by atoms with Gasteiger partial charge in [-0.1, -0.05) is 12.1 Å². The van der Waals surface area contributed by atoms with E-state index in [0.29, 0.717) is 31.7 Å². The summed E-state index contributed by atoms with van der Waals surface area (Å²) in [5.41, 5.74) is 1.69. The summed E-state index contributed by atoms with van der Waals surface area (Å²) in [7, 11) is 0. The molecule has 1 saturated heterocycles. The second-order valence-corrected chi connectivity index (χ2v) is 6.07. The molecule has 1 amide bonds. The number of carboxylic acids is 1. The molecule has 114 valence electrons. The molecule has 0 aromatic heterocycles. The summed E-state index contributed by atoms with van der Waals surface area (Å²) in [6.45, 7) is 5.91. The van der Waals surface area contributed by atoms with E-state index in [9.17, 15) is 9.59 Å². The highest BCUT2D eigenvalue weighted by Gasteiger charge is 2.28. The van der Waals surface area contributed by atoms with E-state index in [1.807, 2.05) is 30.0 Å². The minimum absolute atomic E-state index is 0.00629. The van der Waals surface area contributed by atoms with Crippen LogP contribution in [0.15, 0.2) is 22.7 Å². The lowest BCUT2D eigenvalue weighted by Crippen LogP contribution is -2.53. The molecule has 1 N–H and O–H groups in total. The summed E-state index contributed by atoms with van der Waals surface area (Å²) in [6, 6.07) is 5.13. The number of carboxylic acid groups (broad SMARTS) is 1. The highest BCUT2D eigenvalue weighted by Crippen LogP contribution is 2.23. The summed E-state index contributed by atoms with van der Waals surface area (Å²) in [6.07, 6.45) is 0. The van der Waals surface area contributed by atoms with Gasteiger partial charge in [-0.25, -0.2) is 0 Å². The van der Waals surface area contributed by atoms with Crippen molar-refractivity contribution in [3.63, 3.8) is 0 Å². The lowest BCUT2D eigenvalue weighted by atomic mass is 10.1. The zero-order valence-corrected chi connectivity index (χ0v) is 13.8. The summed E-state index contributed by atoms with van der Waals surface area (Å²) in [4.78, 5) is 27.2. The Balaban J connectivity index is 2.04. The molecular weight excluding hydrogens is 336 g/mol. The zero-order chi connectivity index (χ0) is 15.6. The highest BCUT2D eigenvalue weighted by atomic mass is 79.9. The number of benzene rings is 1. The van der Waals surface area contributed by atoms with Crippen LogP contribution in [0.4, 0.5) is 0 Å². The molecule has 0 radical (unpaired) electrons. The third-order valence-electron chi connectivity index (χ3n) is 3.93. The number of nitrogens with zero attached hydrogens (tertiary/aromatic N) is 2. The SMILES string of the molecule is Cc1cccc(C(=O)N2CCN(C(C)C(=O)O)CC2)c1Br. The van der Waals surface area contributed by atoms with E-state index in [2.05, 4.69) is 15.9 Å². The van der Waals surface area contributed by atoms with Gasteiger partial charge in [0.25, 0.3) is 5.91 Å². The molecule has 1 aromatic rings. The van der Waals surface area contributed by atoms with E-state index in [1.165, 1.54) is 0 Å². The Hall–Kier alpha value is -1.40. The summed E-state index contributed by atoms with van der Waals surface area (Å²) < 4.78 is 0.830.